The fourth-order valence-corrected chi connectivity index (χ4v) is 5.00. The summed E-state index contributed by atoms with van der Waals surface area (Å²) < 4.78 is 1.49. The second kappa shape index (κ2) is 9.07. The highest BCUT2D eigenvalue weighted by Crippen LogP contribution is 2.39. The van der Waals surface area contributed by atoms with Crippen molar-refractivity contribution in [2.75, 3.05) is 10.6 Å². The van der Waals surface area contributed by atoms with Crippen molar-refractivity contribution in [1.29, 1.82) is 0 Å². The van der Waals surface area contributed by atoms with E-state index in [0.29, 0.717) is 34.5 Å². The first kappa shape index (κ1) is 22.2. The minimum atomic E-state index is -1.03. The number of rotatable bonds is 7. The lowest BCUT2D eigenvalue weighted by atomic mass is 10.1. The number of fused-ring (bicyclic) bond motifs is 1. The number of carboxylic acid groups (broad SMARTS) is 1. The number of pyridine rings is 2. The van der Waals surface area contributed by atoms with Crippen molar-refractivity contribution in [3.8, 4) is 5.69 Å². The molecule has 1 aromatic carbocycles. The Hall–Kier alpha value is -4.27. The van der Waals surface area contributed by atoms with Crippen LogP contribution in [0, 0.1) is 0 Å². The molecule has 2 aliphatic carbocycles. The molecule has 2 atom stereocenters. The van der Waals surface area contributed by atoms with Gasteiger partial charge in [0.1, 0.15) is 5.82 Å². The van der Waals surface area contributed by atoms with Gasteiger partial charge in [0.2, 0.25) is 5.95 Å². The van der Waals surface area contributed by atoms with E-state index in [4.69, 9.17) is 0 Å². The summed E-state index contributed by atoms with van der Waals surface area (Å²) in [6, 6.07) is 12.1. The minimum absolute atomic E-state index is 0.154. The summed E-state index contributed by atoms with van der Waals surface area (Å²) in [4.78, 5) is 37.8. The number of nitrogens with zero attached hydrogens (tertiary/aromatic N) is 4. The maximum atomic E-state index is 12.7. The molecule has 0 aliphatic heterocycles. The molecule has 9 heteroatoms. The Morgan fingerprint density at radius 1 is 0.889 bits per heavy atom. The maximum absolute atomic E-state index is 12.7. The molecular formula is C27H26N6O3. The number of hydrogen-bond donors (Lipinski definition) is 3. The molecule has 0 unspecified atom stereocenters. The van der Waals surface area contributed by atoms with Gasteiger partial charge in [-0.1, -0.05) is 6.07 Å². The van der Waals surface area contributed by atoms with Crippen LogP contribution >= 0.6 is 0 Å². The number of aromatic nitrogens is 4. The fourth-order valence-electron chi connectivity index (χ4n) is 5.00. The number of carbonyl (C=O) groups is 1. The lowest BCUT2D eigenvalue weighted by molar-refractivity contribution is 0.0699. The first-order valence-corrected chi connectivity index (χ1v) is 12.2. The Morgan fingerprint density at radius 3 is 2.36 bits per heavy atom. The fraction of sp³-hybridized carbons (Fsp3) is 0.296. The summed E-state index contributed by atoms with van der Waals surface area (Å²) in [6.45, 7) is 0. The first-order chi connectivity index (χ1) is 17.5. The van der Waals surface area contributed by atoms with E-state index in [1.807, 2.05) is 24.5 Å². The Balaban J connectivity index is 1.14. The van der Waals surface area contributed by atoms with Gasteiger partial charge >= 0.3 is 5.97 Å². The van der Waals surface area contributed by atoms with Gasteiger partial charge in [0, 0.05) is 35.9 Å². The zero-order valence-electron chi connectivity index (χ0n) is 19.6. The molecule has 9 nitrogen and oxygen atoms in total. The van der Waals surface area contributed by atoms with Gasteiger partial charge in [-0.25, -0.2) is 19.7 Å². The van der Waals surface area contributed by atoms with E-state index in [9.17, 15) is 14.7 Å². The van der Waals surface area contributed by atoms with E-state index in [1.165, 1.54) is 35.1 Å². The number of hydrogen-bond acceptors (Lipinski definition) is 7. The van der Waals surface area contributed by atoms with Crippen LogP contribution in [-0.4, -0.2) is 42.7 Å². The van der Waals surface area contributed by atoms with Gasteiger partial charge in [0.15, 0.2) is 0 Å². The van der Waals surface area contributed by atoms with Gasteiger partial charge in [0.25, 0.3) is 5.56 Å². The van der Waals surface area contributed by atoms with Crippen LogP contribution in [-0.2, 0) is 0 Å². The third kappa shape index (κ3) is 4.39. The quantitative estimate of drug-likeness (QED) is 0.358. The molecule has 6 rings (SSSR count). The van der Waals surface area contributed by atoms with Crippen molar-refractivity contribution in [2.24, 2.45) is 0 Å². The monoisotopic (exact) mass is 482 g/mol. The molecule has 0 amide bonds. The van der Waals surface area contributed by atoms with E-state index < -0.39 is 5.97 Å². The number of benzene rings is 1. The normalized spacial score (nSPS) is 19.3. The second-order valence-corrected chi connectivity index (χ2v) is 9.56. The van der Waals surface area contributed by atoms with Crippen LogP contribution in [0.25, 0.3) is 16.6 Å². The smallest absolute Gasteiger partial charge is 0.336 e. The Morgan fingerprint density at radius 2 is 1.67 bits per heavy atom. The van der Waals surface area contributed by atoms with Crippen molar-refractivity contribution in [3.05, 3.63) is 82.5 Å². The van der Waals surface area contributed by atoms with Gasteiger partial charge in [-0.05, 0) is 73.9 Å². The summed E-state index contributed by atoms with van der Waals surface area (Å²) in [5.41, 5.74) is 2.25. The van der Waals surface area contributed by atoms with Crippen molar-refractivity contribution in [1.82, 2.24) is 19.5 Å². The predicted molar refractivity (Wildman–Crippen MR) is 137 cm³/mol. The van der Waals surface area contributed by atoms with Gasteiger partial charge in [-0.3, -0.25) is 9.36 Å². The van der Waals surface area contributed by atoms with Crippen LogP contribution in [0.4, 0.5) is 11.8 Å². The van der Waals surface area contributed by atoms with Crippen molar-refractivity contribution < 1.29 is 9.90 Å². The molecule has 2 aliphatic rings. The van der Waals surface area contributed by atoms with E-state index in [0.717, 1.165) is 25.1 Å². The molecule has 0 spiro atoms. The molecule has 3 heterocycles. The molecular weight excluding hydrogens is 456 g/mol. The first-order valence-electron chi connectivity index (χ1n) is 12.2. The minimum Gasteiger partial charge on any atom is -0.478 e. The Bertz CT molecular complexity index is 1480. The van der Waals surface area contributed by atoms with Crippen LogP contribution in [0.5, 0.6) is 0 Å². The molecule has 4 aromatic rings. The van der Waals surface area contributed by atoms with Crippen LogP contribution in [0.3, 0.4) is 0 Å². The van der Waals surface area contributed by atoms with Crippen LogP contribution in [0.1, 0.15) is 53.9 Å². The molecule has 3 aromatic heterocycles. The number of anilines is 2. The number of carboxylic acids is 1. The third-order valence-corrected chi connectivity index (χ3v) is 7.01. The van der Waals surface area contributed by atoms with Crippen molar-refractivity contribution in [2.45, 2.75) is 50.1 Å². The summed E-state index contributed by atoms with van der Waals surface area (Å²) in [5.74, 6) is 1.03. The molecule has 0 radical (unpaired) electrons. The zero-order chi connectivity index (χ0) is 24.6. The largest absolute Gasteiger partial charge is 0.478 e. The third-order valence-electron chi connectivity index (χ3n) is 7.01. The van der Waals surface area contributed by atoms with Gasteiger partial charge < -0.3 is 15.7 Å². The Kier molecular flexibility index (Phi) is 5.59. The van der Waals surface area contributed by atoms with Gasteiger partial charge in [-0.2, -0.15) is 0 Å². The lowest BCUT2D eigenvalue weighted by Gasteiger charge is -2.16. The summed E-state index contributed by atoms with van der Waals surface area (Å²) >= 11 is 0. The van der Waals surface area contributed by atoms with Crippen LogP contribution in [0.2, 0.25) is 0 Å². The molecule has 36 heavy (non-hydrogen) atoms. The summed E-state index contributed by atoms with van der Waals surface area (Å²) in [6.07, 6.45) is 10.9. The molecule has 3 N–H and O–H groups in total. The van der Waals surface area contributed by atoms with Gasteiger partial charge in [0.05, 0.1) is 23.0 Å². The topological polar surface area (TPSA) is 122 Å². The highest BCUT2D eigenvalue weighted by Gasteiger charge is 2.27. The van der Waals surface area contributed by atoms with Gasteiger partial charge in [-0.15, -0.1) is 0 Å². The standard InChI is InChI=1S/C27H26N6O3/c34-25-11-9-21-22(26(35)36)2-1-3-23(21)33(25)20-8-10-24(28-15-20)31-18-6-7-19(12-18)32-27-29-13-17(14-30-27)16-4-5-16/h1-3,8-11,13-16,18-19H,4-7,12H2,(H,28,31)(H,35,36)(H,29,30,32)/t18-,19-/m0/s1. The van der Waals surface area contributed by atoms with Crippen molar-refractivity contribution in [3.63, 3.8) is 0 Å². The van der Waals surface area contributed by atoms with Crippen LogP contribution in [0.15, 0.2) is 65.8 Å². The summed E-state index contributed by atoms with van der Waals surface area (Å²) in [5, 5.41) is 16.9. The number of aromatic carboxylic acids is 1. The number of nitrogens with one attached hydrogen (secondary N) is 2. The molecule has 0 bridgehead atoms. The SMILES string of the molecule is O=C(O)c1cccc2c1ccc(=O)n2-c1ccc(N[C@H]2CC[C@H](Nc3ncc(C4CC4)cn3)C2)nc1. The van der Waals surface area contributed by atoms with Crippen molar-refractivity contribution >= 4 is 28.6 Å². The molecule has 2 fully saturated rings. The lowest BCUT2D eigenvalue weighted by Crippen LogP contribution is -2.22. The predicted octanol–water partition coefficient (Wildman–Crippen LogP) is 4.20. The zero-order valence-corrected chi connectivity index (χ0v) is 19.6. The molecule has 0 saturated heterocycles. The highest BCUT2D eigenvalue weighted by molar-refractivity contribution is 6.02. The van der Waals surface area contributed by atoms with E-state index in [2.05, 4.69) is 25.6 Å². The molecule has 182 valence electrons. The molecule has 2 saturated carbocycles. The Labute approximate surface area is 207 Å². The van der Waals surface area contributed by atoms with E-state index >= 15 is 0 Å². The van der Waals surface area contributed by atoms with E-state index in [-0.39, 0.29) is 17.2 Å². The maximum Gasteiger partial charge on any atom is 0.336 e. The van der Waals surface area contributed by atoms with E-state index in [1.54, 1.807) is 24.4 Å². The highest BCUT2D eigenvalue weighted by atomic mass is 16.4. The average molecular weight is 483 g/mol. The van der Waals surface area contributed by atoms with Crippen LogP contribution < -0.4 is 16.2 Å². The second-order valence-electron chi connectivity index (χ2n) is 9.56. The summed E-state index contributed by atoms with van der Waals surface area (Å²) in [7, 11) is 0. The average Bonchev–Trinajstić information content (AvgIpc) is 3.65.